The van der Waals surface area contributed by atoms with Crippen LogP contribution in [0.2, 0.25) is 0 Å². The van der Waals surface area contributed by atoms with Crippen LogP contribution in [0.15, 0.2) is 36.4 Å². The van der Waals surface area contributed by atoms with Crippen LogP contribution in [-0.4, -0.2) is 36.0 Å². The topological polar surface area (TPSA) is 58.9 Å². The first-order chi connectivity index (χ1) is 10.1. The normalized spacial score (nSPS) is 21.7. The maximum Gasteiger partial charge on any atom is 0.492 e. The molecule has 1 aliphatic heterocycles. The molecule has 3 rings (SSSR count). The maximum absolute atomic E-state index is 9.68. The lowest BCUT2D eigenvalue weighted by Crippen LogP contribution is -2.33. The zero-order chi connectivity index (χ0) is 14.8. The Balaban J connectivity index is 1.85. The summed E-state index contributed by atoms with van der Waals surface area (Å²) < 4.78 is 11.5. The standard InChI is InChI=1S/C16H19BO4/c1-11-6-8-13(21-11)10-20-15-9-7-12-4-2-3-5-14(12)16(15)17(18)19/h2-5,7,9,11,13,18-19H,6,8,10H2,1H3. The smallest absolute Gasteiger partial charge is 0.491 e. The van der Waals surface area contributed by atoms with Crippen LogP contribution in [0.4, 0.5) is 0 Å². The molecule has 110 valence electrons. The van der Waals surface area contributed by atoms with E-state index in [9.17, 15) is 10.0 Å². The number of ether oxygens (including phenoxy) is 2. The Morgan fingerprint density at radius 2 is 2.00 bits per heavy atom. The van der Waals surface area contributed by atoms with Crippen LogP contribution in [0.1, 0.15) is 19.8 Å². The summed E-state index contributed by atoms with van der Waals surface area (Å²) in [5, 5.41) is 21.1. The molecule has 2 atom stereocenters. The summed E-state index contributed by atoms with van der Waals surface area (Å²) in [4.78, 5) is 0. The molecule has 5 heteroatoms. The fourth-order valence-electron chi connectivity index (χ4n) is 2.86. The summed E-state index contributed by atoms with van der Waals surface area (Å²) in [6.07, 6.45) is 2.38. The van der Waals surface area contributed by atoms with E-state index in [0.717, 1.165) is 23.6 Å². The van der Waals surface area contributed by atoms with Gasteiger partial charge in [-0.3, -0.25) is 0 Å². The largest absolute Gasteiger partial charge is 0.492 e. The van der Waals surface area contributed by atoms with Gasteiger partial charge in [0.1, 0.15) is 12.4 Å². The summed E-state index contributed by atoms with van der Waals surface area (Å²) in [7, 11) is -1.56. The van der Waals surface area contributed by atoms with Gasteiger partial charge in [0, 0.05) is 5.46 Å². The van der Waals surface area contributed by atoms with Crippen LogP contribution in [0.5, 0.6) is 5.75 Å². The second-order valence-corrected chi connectivity index (χ2v) is 5.53. The number of fused-ring (bicyclic) bond motifs is 1. The minimum absolute atomic E-state index is 0.0788. The molecule has 4 nitrogen and oxygen atoms in total. The summed E-state index contributed by atoms with van der Waals surface area (Å²) in [6.45, 7) is 2.49. The quantitative estimate of drug-likeness (QED) is 0.836. The van der Waals surface area contributed by atoms with E-state index in [1.807, 2.05) is 30.3 Å². The van der Waals surface area contributed by atoms with Crippen molar-refractivity contribution < 1.29 is 19.5 Å². The van der Waals surface area contributed by atoms with Gasteiger partial charge < -0.3 is 19.5 Å². The Kier molecular flexibility index (Phi) is 4.15. The van der Waals surface area contributed by atoms with Crippen LogP contribution in [-0.2, 0) is 4.74 Å². The van der Waals surface area contributed by atoms with Crippen molar-refractivity contribution in [3.8, 4) is 5.75 Å². The second-order valence-electron chi connectivity index (χ2n) is 5.53. The van der Waals surface area contributed by atoms with E-state index in [0.29, 0.717) is 17.8 Å². The molecule has 0 radical (unpaired) electrons. The van der Waals surface area contributed by atoms with Crippen molar-refractivity contribution in [1.29, 1.82) is 0 Å². The molecule has 2 aromatic carbocycles. The van der Waals surface area contributed by atoms with Gasteiger partial charge in [-0.05, 0) is 36.6 Å². The first-order valence-corrected chi connectivity index (χ1v) is 7.31. The highest BCUT2D eigenvalue weighted by Crippen LogP contribution is 2.22. The van der Waals surface area contributed by atoms with E-state index in [1.54, 1.807) is 6.07 Å². The molecule has 0 bridgehead atoms. The summed E-state index contributed by atoms with van der Waals surface area (Å²) >= 11 is 0. The van der Waals surface area contributed by atoms with Crippen molar-refractivity contribution in [3.05, 3.63) is 36.4 Å². The van der Waals surface area contributed by atoms with E-state index >= 15 is 0 Å². The van der Waals surface area contributed by atoms with E-state index < -0.39 is 7.12 Å². The van der Waals surface area contributed by atoms with Crippen LogP contribution in [0.25, 0.3) is 10.8 Å². The van der Waals surface area contributed by atoms with Crippen molar-refractivity contribution in [2.75, 3.05) is 6.61 Å². The highest BCUT2D eigenvalue weighted by Gasteiger charge is 2.24. The highest BCUT2D eigenvalue weighted by molar-refractivity contribution is 6.63. The summed E-state index contributed by atoms with van der Waals surface area (Å²) in [5.74, 6) is 0.506. The fraction of sp³-hybridized carbons (Fsp3) is 0.375. The molecule has 0 aromatic heterocycles. The Morgan fingerprint density at radius 3 is 2.71 bits per heavy atom. The predicted octanol–water partition coefficient (Wildman–Crippen LogP) is 1.47. The van der Waals surface area contributed by atoms with Crippen molar-refractivity contribution in [1.82, 2.24) is 0 Å². The Labute approximate surface area is 124 Å². The number of hydrogen-bond acceptors (Lipinski definition) is 4. The van der Waals surface area contributed by atoms with Crippen LogP contribution >= 0.6 is 0 Å². The van der Waals surface area contributed by atoms with Crippen LogP contribution in [0, 0.1) is 0 Å². The summed E-state index contributed by atoms with van der Waals surface area (Å²) in [6, 6.07) is 11.3. The molecular formula is C16H19BO4. The number of hydrogen-bond donors (Lipinski definition) is 2. The van der Waals surface area contributed by atoms with Crippen molar-refractivity contribution in [2.24, 2.45) is 0 Å². The third kappa shape index (κ3) is 3.05. The first kappa shape index (κ1) is 14.4. The monoisotopic (exact) mass is 286 g/mol. The third-order valence-corrected chi connectivity index (χ3v) is 3.93. The second kappa shape index (κ2) is 6.06. The van der Waals surface area contributed by atoms with Gasteiger partial charge in [-0.25, -0.2) is 0 Å². The molecular weight excluding hydrogens is 267 g/mol. The number of benzene rings is 2. The predicted molar refractivity (Wildman–Crippen MR) is 82.8 cm³/mol. The Hall–Kier alpha value is -1.56. The van der Waals surface area contributed by atoms with Gasteiger partial charge in [-0.2, -0.15) is 0 Å². The lowest BCUT2D eigenvalue weighted by Gasteiger charge is -2.16. The van der Waals surface area contributed by atoms with E-state index in [2.05, 4.69) is 6.92 Å². The molecule has 1 fully saturated rings. The molecule has 2 aromatic rings. The zero-order valence-electron chi connectivity index (χ0n) is 12.0. The molecule has 0 saturated carbocycles. The van der Waals surface area contributed by atoms with Gasteiger partial charge in [-0.1, -0.05) is 30.3 Å². The number of rotatable bonds is 4. The Bertz CT molecular complexity index is 629. The fourth-order valence-corrected chi connectivity index (χ4v) is 2.86. The van der Waals surface area contributed by atoms with E-state index in [-0.39, 0.29) is 12.2 Å². The molecule has 0 spiro atoms. The molecule has 21 heavy (non-hydrogen) atoms. The van der Waals surface area contributed by atoms with Crippen molar-refractivity contribution in [2.45, 2.75) is 32.0 Å². The van der Waals surface area contributed by atoms with Gasteiger partial charge in [0.05, 0.1) is 12.2 Å². The van der Waals surface area contributed by atoms with E-state index in [4.69, 9.17) is 9.47 Å². The molecule has 2 N–H and O–H groups in total. The highest BCUT2D eigenvalue weighted by atomic mass is 16.5. The van der Waals surface area contributed by atoms with Gasteiger partial charge in [0.2, 0.25) is 0 Å². The average molecular weight is 286 g/mol. The van der Waals surface area contributed by atoms with Gasteiger partial charge in [0.25, 0.3) is 0 Å². The maximum atomic E-state index is 9.68. The first-order valence-electron chi connectivity index (χ1n) is 7.31. The zero-order valence-corrected chi connectivity index (χ0v) is 12.0. The minimum atomic E-state index is -1.56. The van der Waals surface area contributed by atoms with Crippen LogP contribution < -0.4 is 10.2 Å². The van der Waals surface area contributed by atoms with Gasteiger partial charge in [0.15, 0.2) is 0 Å². The lowest BCUT2D eigenvalue weighted by atomic mass is 9.76. The lowest BCUT2D eigenvalue weighted by molar-refractivity contribution is 0.0266. The molecule has 1 aliphatic rings. The molecule has 1 saturated heterocycles. The molecule has 0 aliphatic carbocycles. The SMILES string of the molecule is CC1CCC(COc2ccc3ccccc3c2B(O)O)O1. The van der Waals surface area contributed by atoms with Crippen LogP contribution in [0.3, 0.4) is 0 Å². The van der Waals surface area contributed by atoms with Crippen molar-refractivity contribution in [3.63, 3.8) is 0 Å². The van der Waals surface area contributed by atoms with Gasteiger partial charge in [-0.15, -0.1) is 0 Å². The Morgan fingerprint density at radius 1 is 1.19 bits per heavy atom. The van der Waals surface area contributed by atoms with E-state index in [1.165, 1.54) is 0 Å². The van der Waals surface area contributed by atoms with Crippen molar-refractivity contribution >= 4 is 23.4 Å². The average Bonchev–Trinajstić information content (AvgIpc) is 2.89. The molecule has 2 unspecified atom stereocenters. The minimum Gasteiger partial charge on any atom is -0.491 e. The van der Waals surface area contributed by atoms with Gasteiger partial charge >= 0.3 is 7.12 Å². The third-order valence-electron chi connectivity index (χ3n) is 3.93. The molecule has 1 heterocycles. The molecule has 0 amide bonds. The summed E-state index contributed by atoms with van der Waals surface area (Å²) in [5.41, 5.74) is 0.416.